The van der Waals surface area contributed by atoms with Crippen LogP contribution in [0, 0.1) is 0 Å². The summed E-state index contributed by atoms with van der Waals surface area (Å²) in [5, 5.41) is 9.42. The number of phenolic OH excluding ortho intramolecular Hbond substituents is 1. The summed E-state index contributed by atoms with van der Waals surface area (Å²) in [6.07, 6.45) is 2.65. The molecule has 1 N–H and O–H groups in total. The van der Waals surface area contributed by atoms with Crippen molar-refractivity contribution >= 4 is 18.0 Å². The summed E-state index contributed by atoms with van der Waals surface area (Å²) in [7, 11) is 1.43. The fourth-order valence-corrected chi connectivity index (χ4v) is 1.34. The number of phenols is 1. The maximum absolute atomic E-state index is 11.3. The molecule has 0 heterocycles. The largest absolute Gasteiger partial charge is 0.504 e. The molecule has 0 unspecified atom stereocenters. The Morgan fingerprint density at radius 3 is 2.70 bits per heavy atom. The molecule has 0 bridgehead atoms. The van der Waals surface area contributed by atoms with E-state index in [1.165, 1.54) is 25.3 Å². The van der Waals surface area contributed by atoms with Gasteiger partial charge < -0.3 is 19.3 Å². The molecule has 0 atom stereocenters. The maximum atomic E-state index is 11.3. The Labute approximate surface area is 116 Å². The van der Waals surface area contributed by atoms with Crippen LogP contribution in [-0.4, -0.2) is 37.4 Å². The second kappa shape index (κ2) is 7.83. The third-order valence-electron chi connectivity index (χ3n) is 2.25. The topological polar surface area (TPSA) is 82.1 Å². The molecule has 0 saturated carbocycles. The molecule has 1 aromatic rings. The Balaban J connectivity index is 2.55. The highest BCUT2D eigenvalue weighted by Crippen LogP contribution is 2.26. The van der Waals surface area contributed by atoms with Gasteiger partial charge in [0.1, 0.15) is 0 Å². The van der Waals surface area contributed by atoms with Crippen LogP contribution >= 0.6 is 0 Å². The molecule has 0 aliphatic heterocycles. The van der Waals surface area contributed by atoms with Gasteiger partial charge in [-0.15, -0.1) is 0 Å². The van der Waals surface area contributed by atoms with Crippen LogP contribution in [0.25, 0.3) is 6.08 Å². The van der Waals surface area contributed by atoms with Crippen LogP contribution < -0.4 is 4.74 Å². The first-order valence-corrected chi connectivity index (χ1v) is 5.94. The van der Waals surface area contributed by atoms with Gasteiger partial charge in [0.25, 0.3) is 0 Å². The molecule has 0 aromatic heterocycles. The number of carbonyl (C=O) groups is 2. The number of rotatable bonds is 6. The Hall–Kier alpha value is -2.50. The second-order valence-electron chi connectivity index (χ2n) is 3.68. The molecule has 6 heteroatoms. The normalized spacial score (nSPS) is 10.3. The Morgan fingerprint density at radius 1 is 1.30 bits per heavy atom. The first kappa shape index (κ1) is 15.6. The van der Waals surface area contributed by atoms with E-state index in [1.807, 2.05) is 0 Å². The molecule has 1 aromatic carbocycles. The number of benzene rings is 1. The Morgan fingerprint density at radius 2 is 2.05 bits per heavy atom. The van der Waals surface area contributed by atoms with Gasteiger partial charge in [0.15, 0.2) is 18.1 Å². The lowest BCUT2D eigenvalue weighted by molar-refractivity contribution is -0.155. The molecule has 108 valence electrons. The summed E-state index contributed by atoms with van der Waals surface area (Å²) in [6, 6.07) is 4.61. The van der Waals surface area contributed by atoms with E-state index in [1.54, 1.807) is 19.1 Å². The second-order valence-corrected chi connectivity index (χ2v) is 3.68. The summed E-state index contributed by atoms with van der Waals surface area (Å²) >= 11 is 0. The van der Waals surface area contributed by atoms with Crippen molar-refractivity contribution in [3.05, 3.63) is 29.8 Å². The Kier molecular flexibility index (Phi) is 6.09. The number of esters is 2. The van der Waals surface area contributed by atoms with E-state index < -0.39 is 18.5 Å². The number of hydrogen-bond donors (Lipinski definition) is 1. The molecule has 0 amide bonds. The zero-order valence-electron chi connectivity index (χ0n) is 11.3. The fourth-order valence-electron chi connectivity index (χ4n) is 1.34. The lowest BCUT2D eigenvalue weighted by atomic mass is 10.2. The number of hydrogen-bond acceptors (Lipinski definition) is 6. The van der Waals surface area contributed by atoms with Gasteiger partial charge in [0, 0.05) is 6.08 Å². The first-order valence-electron chi connectivity index (χ1n) is 5.94. The van der Waals surface area contributed by atoms with Gasteiger partial charge in [0.05, 0.1) is 13.7 Å². The van der Waals surface area contributed by atoms with Crippen molar-refractivity contribution in [3.63, 3.8) is 0 Å². The Bertz CT molecular complexity index is 506. The van der Waals surface area contributed by atoms with Crippen molar-refractivity contribution in [1.29, 1.82) is 0 Å². The molecular weight excluding hydrogens is 264 g/mol. The van der Waals surface area contributed by atoms with Crippen molar-refractivity contribution in [2.75, 3.05) is 20.3 Å². The monoisotopic (exact) mass is 280 g/mol. The van der Waals surface area contributed by atoms with Crippen LogP contribution in [0.1, 0.15) is 12.5 Å². The number of carbonyl (C=O) groups excluding carboxylic acids is 2. The van der Waals surface area contributed by atoms with E-state index in [9.17, 15) is 14.7 Å². The SMILES string of the molecule is CCOC(=O)COC(=O)/C=C/c1ccc(O)c(OC)c1. The predicted octanol–water partition coefficient (Wildman–Crippen LogP) is 1.52. The molecule has 0 aliphatic carbocycles. The molecule has 0 spiro atoms. The van der Waals surface area contributed by atoms with E-state index in [-0.39, 0.29) is 12.4 Å². The van der Waals surface area contributed by atoms with Crippen LogP contribution in [0.2, 0.25) is 0 Å². The average Bonchev–Trinajstić information content (AvgIpc) is 2.44. The fraction of sp³-hybridized carbons (Fsp3) is 0.286. The minimum Gasteiger partial charge on any atom is -0.504 e. The van der Waals surface area contributed by atoms with E-state index in [0.29, 0.717) is 11.3 Å². The van der Waals surface area contributed by atoms with Gasteiger partial charge >= 0.3 is 11.9 Å². The highest BCUT2D eigenvalue weighted by atomic mass is 16.6. The molecule has 1 rings (SSSR count). The van der Waals surface area contributed by atoms with Crippen LogP contribution in [0.3, 0.4) is 0 Å². The standard InChI is InChI=1S/C14H16O6/c1-3-19-14(17)9-20-13(16)7-5-10-4-6-11(15)12(8-10)18-2/h4-8,15H,3,9H2,1-2H3/b7-5+. The first-order chi connectivity index (χ1) is 9.56. The van der Waals surface area contributed by atoms with Crippen molar-refractivity contribution in [2.24, 2.45) is 0 Å². The molecule has 0 saturated heterocycles. The van der Waals surface area contributed by atoms with Crippen molar-refractivity contribution < 1.29 is 28.9 Å². The number of methoxy groups -OCH3 is 1. The number of ether oxygens (including phenoxy) is 3. The molecule has 0 fully saturated rings. The highest BCUT2D eigenvalue weighted by Gasteiger charge is 2.05. The van der Waals surface area contributed by atoms with Crippen LogP contribution in [0.4, 0.5) is 0 Å². The summed E-state index contributed by atoms with van der Waals surface area (Å²) in [5.74, 6) is -0.952. The van der Waals surface area contributed by atoms with Gasteiger partial charge in [-0.1, -0.05) is 6.07 Å². The van der Waals surface area contributed by atoms with Crippen LogP contribution in [-0.2, 0) is 19.1 Å². The summed E-state index contributed by atoms with van der Waals surface area (Å²) in [5.41, 5.74) is 0.646. The molecular formula is C14H16O6. The van der Waals surface area contributed by atoms with Gasteiger partial charge in [-0.3, -0.25) is 0 Å². The smallest absolute Gasteiger partial charge is 0.344 e. The van der Waals surface area contributed by atoms with Crippen molar-refractivity contribution in [1.82, 2.24) is 0 Å². The van der Waals surface area contributed by atoms with Crippen LogP contribution in [0.15, 0.2) is 24.3 Å². The third-order valence-corrected chi connectivity index (χ3v) is 2.25. The third kappa shape index (κ3) is 5.01. The van der Waals surface area contributed by atoms with E-state index >= 15 is 0 Å². The molecule has 0 aliphatic rings. The van der Waals surface area contributed by atoms with Gasteiger partial charge in [-0.25, -0.2) is 9.59 Å². The quantitative estimate of drug-likeness (QED) is 0.628. The lowest BCUT2D eigenvalue weighted by Crippen LogP contribution is -2.15. The molecule has 0 radical (unpaired) electrons. The van der Waals surface area contributed by atoms with Gasteiger partial charge in [-0.2, -0.15) is 0 Å². The molecule has 6 nitrogen and oxygen atoms in total. The average molecular weight is 280 g/mol. The summed E-state index contributed by atoms with van der Waals surface area (Å²) < 4.78 is 14.2. The van der Waals surface area contributed by atoms with Crippen molar-refractivity contribution in [2.45, 2.75) is 6.92 Å². The highest BCUT2D eigenvalue weighted by molar-refractivity contribution is 5.88. The molecule has 20 heavy (non-hydrogen) atoms. The van der Waals surface area contributed by atoms with E-state index in [2.05, 4.69) is 9.47 Å². The minimum absolute atomic E-state index is 0.00883. The number of aromatic hydroxyl groups is 1. The lowest BCUT2D eigenvalue weighted by Gasteiger charge is -2.04. The zero-order valence-corrected chi connectivity index (χ0v) is 11.3. The maximum Gasteiger partial charge on any atom is 0.344 e. The van der Waals surface area contributed by atoms with E-state index in [4.69, 9.17) is 4.74 Å². The van der Waals surface area contributed by atoms with Gasteiger partial charge in [-0.05, 0) is 30.7 Å². The minimum atomic E-state index is -0.662. The zero-order chi connectivity index (χ0) is 15.0. The van der Waals surface area contributed by atoms with E-state index in [0.717, 1.165) is 0 Å². The van der Waals surface area contributed by atoms with Crippen molar-refractivity contribution in [3.8, 4) is 11.5 Å². The predicted molar refractivity (Wildman–Crippen MR) is 71.3 cm³/mol. The summed E-state index contributed by atoms with van der Waals surface area (Å²) in [4.78, 5) is 22.3. The van der Waals surface area contributed by atoms with Gasteiger partial charge in [0.2, 0.25) is 0 Å². The summed E-state index contributed by atoms with van der Waals surface area (Å²) in [6.45, 7) is 1.48. The van der Waals surface area contributed by atoms with Crippen LogP contribution in [0.5, 0.6) is 11.5 Å².